The van der Waals surface area contributed by atoms with Crippen molar-refractivity contribution in [3.63, 3.8) is 0 Å². The van der Waals surface area contributed by atoms with Gasteiger partial charge in [0.05, 0.1) is 12.1 Å². The van der Waals surface area contributed by atoms with Crippen molar-refractivity contribution in [2.45, 2.75) is 4.90 Å². The van der Waals surface area contributed by atoms with Crippen molar-refractivity contribution >= 4 is 21.9 Å². The molecule has 9 heteroatoms. The van der Waals surface area contributed by atoms with Gasteiger partial charge in [0.1, 0.15) is 10.6 Å². The normalized spacial score (nSPS) is 10.5. The minimum Gasteiger partial charge on any atom is -0.482 e. The summed E-state index contributed by atoms with van der Waals surface area (Å²) in [5.41, 5.74) is -0.275. The number of hydrogen-bond acceptors (Lipinski definition) is 5. The number of sulfonamides is 1. The SMILES string of the molecule is C#CCNC(=O)COc1ccc(C(=O)O)cc1S(N)(=O)=O. The van der Waals surface area contributed by atoms with Crippen LogP contribution >= 0.6 is 0 Å². The van der Waals surface area contributed by atoms with E-state index in [0.717, 1.165) is 18.2 Å². The highest BCUT2D eigenvalue weighted by molar-refractivity contribution is 7.89. The van der Waals surface area contributed by atoms with Crippen LogP contribution in [-0.2, 0) is 14.8 Å². The zero-order valence-electron chi connectivity index (χ0n) is 10.7. The first-order valence-electron chi connectivity index (χ1n) is 5.49. The summed E-state index contributed by atoms with van der Waals surface area (Å²) in [5.74, 6) is 0.0793. The van der Waals surface area contributed by atoms with Gasteiger partial charge in [0.15, 0.2) is 6.61 Å². The molecule has 0 radical (unpaired) electrons. The molecular formula is C12H12N2O6S. The zero-order valence-corrected chi connectivity index (χ0v) is 11.5. The fraction of sp³-hybridized carbons (Fsp3) is 0.167. The minimum atomic E-state index is -4.21. The van der Waals surface area contributed by atoms with Gasteiger partial charge in [-0.15, -0.1) is 6.42 Å². The van der Waals surface area contributed by atoms with Crippen molar-refractivity contribution in [2.24, 2.45) is 5.14 Å². The molecule has 0 aliphatic heterocycles. The smallest absolute Gasteiger partial charge is 0.335 e. The first kappa shape index (κ1) is 16.5. The van der Waals surface area contributed by atoms with E-state index in [9.17, 15) is 18.0 Å². The Morgan fingerprint density at radius 1 is 1.43 bits per heavy atom. The minimum absolute atomic E-state index is 0.00217. The van der Waals surface area contributed by atoms with Crippen LogP contribution in [0.2, 0.25) is 0 Å². The van der Waals surface area contributed by atoms with Crippen molar-refractivity contribution in [3.8, 4) is 18.1 Å². The van der Waals surface area contributed by atoms with Crippen LogP contribution < -0.4 is 15.2 Å². The summed E-state index contributed by atoms with van der Waals surface area (Å²) < 4.78 is 27.9. The Labute approximate surface area is 121 Å². The summed E-state index contributed by atoms with van der Waals surface area (Å²) >= 11 is 0. The van der Waals surface area contributed by atoms with Crippen LogP contribution in [0, 0.1) is 12.3 Å². The van der Waals surface area contributed by atoms with Crippen LogP contribution in [0.25, 0.3) is 0 Å². The Bertz CT molecular complexity index is 705. The molecule has 0 saturated heterocycles. The number of terminal acetylenes is 1. The lowest BCUT2D eigenvalue weighted by Gasteiger charge is -2.10. The van der Waals surface area contributed by atoms with Crippen molar-refractivity contribution < 1.29 is 27.9 Å². The average Bonchev–Trinajstić information content (AvgIpc) is 2.41. The van der Waals surface area contributed by atoms with Crippen LogP contribution in [0.4, 0.5) is 0 Å². The number of carbonyl (C=O) groups excluding carboxylic acids is 1. The standard InChI is InChI=1S/C12H12N2O6S/c1-2-5-14-11(15)7-20-9-4-3-8(12(16)17)6-10(9)21(13,18)19/h1,3-4,6H,5,7H2,(H,14,15)(H,16,17)(H2,13,18,19). The topological polar surface area (TPSA) is 136 Å². The Morgan fingerprint density at radius 2 is 2.10 bits per heavy atom. The maximum atomic E-state index is 11.4. The molecule has 1 rings (SSSR count). The van der Waals surface area contributed by atoms with Gasteiger partial charge in [-0.1, -0.05) is 5.92 Å². The van der Waals surface area contributed by atoms with E-state index in [1.807, 2.05) is 0 Å². The summed E-state index contributed by atoms with van der Waals surface area (Å²) in [4.78, 5) is 21.6. The van der Waals surface area contributed by atoms with E-state index >= 15 is 0 Å². The highest BCUT2D eigenvalue weighted by Crippen LogP contribution is 2.24. The van der Waals surface area contributed by atoms with E-state index in [2.05, 4.69) is 11.2 Å². The monoisotopic (exact) mass is 312 g/mol. The molecule has 1 amide bonds. The van der Waals surface area contributed by atoms with Gasteiger partial charge in [-0.05, 0) is 18.2 Å². The van der Waals surface area contributed by atoms with Crippen molar-refractivity contribution in [1.29, 1.82) is 0 Å². The molecule has 4 N–H and O–H groups in total. The molecule has 0 bridgehead atoms. The number of amides is 1. The predicted molar refractivity (Wildman–Crippen MR) is 72.1 cm³/mol. The number of carboxylic acids is 1. The molecule has 8 nitrogen and oxygen atoms in total. The number of carbonyl (C=O) groups is 2. The molecule has 0 heterocycles. The molecule has 0 fully saturated rings. The quantitative estimate of drug-likeness (QED) is 0.586. The molecule has 0 unspecified atom stereocenters. The summed E-state index contributed by atoms with van der Waals surface area (Å²) in [5, 5.41) is 16.1. The van der Waals surface area contributed by atoms with Crippen LogP contribution in [0.1, 0.15) is 10.4 Å². The third-order valence-electron chi connectivity index (χ3n) is 2.24. The highest BCUT2D eigenvalue weighted by Gasteiger charge is 2.19. The predicted octanol–water partition coefficient (Wildman–Crippen LogP) is -0.840. The number of benzene rings is 1. The number of aromatic carboxylic acids is 1. The lowest BCUT2D eigenvalue weighted by atomic mass is 10.2. The first-order chi connectivity index (χ1) is 9.75. The molecule has 0 saturated carbocycles. The van der Waals surface area contributed by atoms with Crippen LogP contribution in [0.5, 0.6) is 5.75 Å². The summed E-state index contributed by atoms with van der Waals surface area (Å²) in [6.45, 7) is -0.487. The molecule has 0 aliphatic rings. The molecule has 0 spiro atoms. The van der Waals surface area contributed by atoms with Gasteiger partial charge in [0.25, 0.3) is 5.91 Å². The zero-order chi connectivity index (χ0) is 16.0. The van der Waals surface area contributed by atoms with Gasteiger partial charge in [0, 0.05) is 0 Å². The Kier molecular flexibility index (Phi) is 5.29. The van der Waals surface area contributed by atoms with E-state index in [4.69, 9.17) is 21.4 Å². The number of nitrogens with one attached hydrogen (secondary N) is 1. The lowest BCUT2D eigenvalue weighted by molar-refractivity contribution is -0.122. The number of ether oxygens (including phenoxy) is 1. The molecule has 0 aromatic heterocycles. The maximum absolute atomic E-state index is 11.4. The average molecular weight is 312 g/mol. The fourth-order valence-corrected chi connectivity index (χ4v) is 2.03. The highest BCUT2D eigenvalue weighted by atomic mass is 32.2. The lowest BCUT2D eigenvalue weighted by Crippen LogP contribution is -2.29. The molecule has 112 valence electrons. The Morgan fingerprint density at radius 3 is 2.62 bits per heavy atom. The molecule has 0 aliphatic carbocycles. The number of primary sulfonamides is 1. The Balaban J connectivity index is 3.00. The first-order valence-corrected chi connectivity index (χ1v) is 7.03. The van der Waals surface area contributed by atoms with Crippen molar-refractivity contribution in [2.75, 3.05) is 13.2 Å². The Hall–Kier alpha value is -2.57. The van der Waals surface area contributed by atoms with Crippen LogP contribution in [0.3, 0.4) is 0 Å². The maximum Gasteiger partial charge on any atom is 0.335 e. The second kappa shape index (κ2) is 6.74. The van der Waals surface area contributed by atoms with E-state index in [-0.39, 0.29) is 17.9 Å². The molecule has 1 aromatic carbocycles. The van der Waals surface area contributed by atoms with Crippen molar-refractivity contribution in [3.05, 3.63) is 23.8 Å². The van der Waals surface area contributed by atoms with E-state index in [1.54, 1.807) is 0 Å². The second-order valence-corrected chi connectivity index (χ2v) is 5.31. The molecule has 1 aromatic rings. The number of carboxylic acid groups (broad SMARTS) is 1. The van der Waals surface area contributed by atoms with Gasteiger partial charge in [-0.3, -0.25) is 4.79 Å². The van der Waals surface area contributed by atoms with Gasteiger partial charge >= 0.3 is 5.97 Å². The van der Waals surface area contributed by atoms with E-state index in [0.29, 0.717) is 0 Å². The molecule has 21 heavy (non-hydrogen) atoms. The molecule has 0 atom stereocenters. The van der Waals surface area contributed by atoms with Crippen LogP contribution in [-0.4, -0.2) is 38.6 Å². The van der Waals surface area contributed by atoms with E-state index < -0.39 is 33.4 Å². The van der Waals surface area contributed by atoms with Crippen molar-refractivity contribution in [1.82, 2.24) is 5.32 Å². The van der Waals surface area contributed by atoms with Crippen LogP contribution in [0.15, 0.2) is 23.1 Å². The number of rotatable bonds is 6. The second-order valence-electron chi connectivity index (χ2n) is 3.78. The fourth-order valence-electron chi connectivity index (χ4n) is 1.33. The summed E-state index contributed by atoms with van der Waals surface area (Å²) in [6.07, 6.45) is 4.95. The number of nitrogens with two attached hydrogens (primary N) is 1. The largest absolute Gasteiger partial charge is 0.482 e. The van der Waals surface area contributed by atoms with Gasteiger partial charge < -0.3 is 15.2 Å². The summed E-state index contributed by atoms with van der Waals surface area (Å²) in [6, 6.07) is 3.09. The van der Waals surface area contributed by atoms with Gasteiger partial charge in [-0.2, -0.15) is 0 Å². The molecular weight excluding hydrogens is 300 g/mol. The summed E-state index contributed by atoms with van der Waals surface area (Å²) in [7, 11) is -4.21. The van der Waals surface area contributed by atoms with Gasteiger partial charge in [0.2, 0.25) is 10.0 Å². The number of hydrogen-bond donors (Lipinski definition) is 3. The van der Waals surface area contributed by atoms with E-state index in [1.165, 1.54) is 0 Å². The third-order valence-corrected chi connectivity index (χ3v) is 3.18. The van der Waals surface area contributed by atoms with Gasteiger partial charge in [-0.25, -0.2) is 18.4 Å². The third kappa shape index (κ3) is 4.79.